The van der Waals surface area contributed by atoms with E-state index in [2.05, 4.69) is 5.32 Å². The lowest BCUT2D eigenvalue weighted by Gasteiger charge is -2.16. The molecule has 0 fully saturated rings. The van der Waals surface area contributed by atoms with Crippen molar-refractivity contribution in [3.8, 4) is 0 Å². The number of fused-ring (bicyclic) bond motifs is 1. The zero-order valence-electron chi connectivity index (χ0n) is 14.7. The molecular formula is C22H15ClN2O3. The van der Waals surface area contributed by atoms with Crippen LogP contribution in [0.2, 0.25) is 5.02 Å². The van der Waals surface area contributed by atoms with Crippen LogP contribution in [0.25, 0.3) is 0 Å². The van der Waals surface area contributed by atoms with Crippen LogP contribution in [0.3, 0.4) is 0 Å². The van der Waals surface area contributed by atoms with E-state index >= 15 is 0 Å². The molecular weight excluding hydrogens is 376 g/mol. The number of nitrogens with one attached hydrogen (secondary N) is 1. The summed E-state index contributed by atoms with van der Waals surface area (Å²) in [5.74, 6) is -1.04. The van der Waals surface area contributed by atoms with Crippen LogP contribution in [-0.4, -0.2) is 17.7 Å². The Balaban J connectivity index is 1.59. The average Bonchev–Trinajstić information content (AvgIpc) is 2.95. The minimum absolute atomic E-state index is 0.189. The van der Waals surface area contributed by atoms with Gasteiger partial charge in [-0.2, -0.15) is 0 Å². The molecule has 0 saturated carbocycles. The van der Waals surface area contributed by atoms with Gasteiger partial charge in [-0.05, 0) is 35.9 Å². The van der Waals surface area contributed by atoms with Gasteiger partial charge >= 0.3 is 0 Å². The second-order valence-corrected chi connectivity index (χ2v) is 6.77. The van der Waals surface area contributed by atoms with E-state index in [1.807, 2.05) is 30.3 Å². The van der Waals surface area contributed by atoms with Gasteiger partial charge in [-0.15, -0.1) is 0 Å². The first kappa shape index (κ1) is 17.9. The third-order valence-electron chi connectivity index (χ3n) is 4.48. The van der Waals surface area contributed by atoms with Crippen molar-refractivity contribution in [1.29, 1.82) is 0 Å². The maximum Gasteiger partial charge on any atom is 0.266 e. The Bertz CT molecular complexity index is 1060. The molecule has 5 nitrogen and oxygen atoms in total. The maximum absolute atomic E-state index is 12.7. The van der Waals surface area contributed by atoms with Crippen molar-refractivity contribution in [3.63, 3.8) is 0 Å². The van der Waals surface area contributed by atoms with Crippen LogP contribution >= 0.6 is 11.6 Å². The van der Waals surface area contributed by atoms with Crippen molar-refractivity contribution < 1.29 is 14.4 Å². The zero-order valence-corrected chi connectivity index (χ0v) is 15.4. The number of benzene rings is 3. The summed E-state index contributed by atoms with van der Waals surface area (Å²) in [5, 5.41) is 3.07. The monoisotopic (exact) mass is 390 g/mol. The van der Waals surface area contributed by atoms with Crippen LogP contribution < -0.4 is 10.2 Å². The number of imide groups is 1. The second-order valence-electron chi connectivity index (χ2n) is 6.37. The lowest BCUT2D eigenvalue weighted by molar-refractivity contribution is -0.115. The normalized spacial score (nSPS) is 12.8. The summed E-state index contributed by atoms with van der Waals surface area (Å²) in [6, 6.07) is 20.6. The van der Waals surface area contributed by atoms with Crippen molar-refractivity contribution in [2.75, 3.05) is 10.2 Å². The summed E-state index contributed by atoms with van der Waals surface area (Å²) in [7, 11) is 0. The molecule has 0 bridgehead atoms. The minimum Gasteiger partial charge on any atom is -0.324 e. The lowest BCUT2D eigenvalue weighted by atomic mass is 10.1. The summed E-state index contributed by atoms with van der Waals surface area (Å²) >= 11 is 6.21. The van der Waals surface area contributed by atoms with Gasteiger partial charge in [-0.3, -0.25) is 14.4 Å². The van der Waals surface area contributed by atoms with Gasteiger partial charge in [0.1, 0.15) is 0 Å². The highest BCUT2D eigenvalue weighted by molar-refractivity contribution is 6.36. The molecule has 1 N–H and O–H groups in total. The molecule has 0 spiro atoms. The Kier molecular flexibility index (Phi) is 4.67. The van der Waals surface area contributed by atoms with E-state index < -0.39 is 11.8 Å². The molecule has 0 radical (unpaired) electrons. The number of carbonyl (C=O) groups is 3. The molecule has 1 heterocycles. The summed E-state index contributed by atoms with van der Waals surface area (Å²) < 4.78 is 0. The number of hydrogen-bond donors (Lipinski definition) is 1. The van der Waals surface area contributed by atoms with E-state index in [4.69, 9.17) is 11.6 Å². The number of halogens is 1. The Morgan fingerprint density at radius 1 is 0.857 bits per heavy atom. The fourth-order valence-corrected chi connectivity index (χ4v) is 3.31. The molecule has 138 valence electrons. The number of nitrogens with zero attached hydrogens (tertiary/aromatic N) is 1. The van der Waals surface area contributed by atoms with E-state index in [0.29, 0.717) is 27.5 Å². The van der Waals surface area contributed by atoms with E-state index in [0.717, 1.165) is 10.5 Å². The van der Waals surface area contributed by atoms with Gasteiger partial charge in [-0.1, -0.05) is 54.1 Å². The van der Waals surface area contributed by atoms with Gasteiger partial charge in [0.05, 0.1) is 33.9 Å². The molecule has 3 aromatic carbocycles. The summed E-state index contributed by atoms with van der Waals surface area (Å²) in [6.45, 7) is 0. The topological polar surface area (TPSA) is 66.5 Å². The molecule has 0 atom stereocenters. The van der Waals surface area contributed by atoms with Crippen molar-refractivity contribution in [3.05, 3.63) is 94.5 Å². The van der Waals surface area contributed by atoms with Gasteiger partial charge in [0, 0.05) is 0 Å². The molecule has 0 unspecified atom stereocenters. The molecule has 0 saturated heterocycles. The van der Waals surface area contributed by atoms with Crippen LogP contribution in [0.1, 0.15) is 26.3 Å². The fourth-order valence-electron chi connectivity index (χ4n) is 3.15. The molecule has 0 aliphatic carbocycles. The summed E-state index contributed by atoms with van der Waals surface area (Å²) in [6.07, 6.45) is 0.189. The quantitative estimate of drug-likeness (QED) is 0.674. The fraction of sp³-hybridized carbons (Fsp3) is 0.0455. The number of hydrogen-bond acceptors (Lipinski definition) is 3. The molecule has 6 heteroatoms. The average molecular weight is 391 g/mol. The van der Waals surface area contributed by atoms with Crippen molar-refractivity contribution >= 4 is 40.7 Å². The summed E-state index contributed by atoms with van der Waals surface area (Å²) in [4.78, 5) is 38.8. The van der Waals surface area contributed by atoms with Gasteiger partial charge < -0.3 is 5.32 Å². The Morgan fingerprint density at radius 3 is 2.11 bits per heavy atom. The van der Waals surface area contributed by atoms with E-state index in [-0.39, 0.29) is 12.3 Å². The van der Waals surface area contributed by atoms with Gasteiger partial charge in [-0.25, -0.2) is 4.90 Å². The third-order valence-corrected chi connectivity index (χ3v) is 4.81. The SMILES string of the molecule is O=C(Cc1ccccc1)Nc1cc(N2C(=O)c3ccccc3C2=O)ccc1Cl. The first-order chi connectivity index (χ1) is 13.5. The van der Waals surface area contributed by atoms with Gasteiger partial charge in [0.25, 0.3) is 11.8 Å². The predicted octanol–water partition coefficient (Wildman–Crippen LogP) is 4.32. The molecule has 3 amide bonds. The zero-order chi connectivity index (χ0) is 19.7. The summed E-state index contributed by atoms with van der Waals surface area (Å²) in [5.41, 5.74) is 2.28. The molecule has 0 aromatic heterocycles. The highest BCUT2D eigenvalue weighted by atomic mass is 35.5. The number of amides is 3. The van der Waals surface area contributed by atoms with Crippen LogP contribution in [0.5, 0.6) is 0 Å². The number of anilines is 2. The van der Waals surface area contributed by atoms with E-state index in [9.17, 15) is 14.4 Å². The molecule has 1 aliphatic heterocycles. The molecule has 1 aliphatic rings. The smallest absolute Gasteiger partial charge is 0.266 e. The van der Waals surface area contributed by atoms with Gasteiger partial charge in [0.15, 0.2) is 0 Å². The van der Waals surface area contributed by atoms with Crippen LogP contribution in [0.4, 0.5) is 11.4 Å². The van der Waals surface area contributed by atoms with E-state index in [1.165, 1.54) is 6.07 Å². The first-order valence-corrected chi connectivity index (χ1v) is 9.03. The lowest BCUT2D eigenvalue weighted by Crippen LogP contribution is -2.29. The van der Waals surface area contributed by atoms with Crippen LogP contribution in [0.15, 0.2) is 72.8 Å². The number of rotatable bonds is 4. The Hall–Kier alpha value is -3.44. The third kappa shape index (κ3) is 3.28. The highest BCUT2D eigenvalue weighted by Gasteiger charge is 2.36. The second kappa shape index (κ2) is 7.29. The van der Waals surface area contributed by atoms with E-state index in [1.54, 1.807) is 36.4 Å². The Labute approximate surface area is 166 Å². The first-order valence-electron chi connectivity index (χ1n) is 8.66. The largest absolute Gasteiger partial charge is 0.324 e. The molecule has 3 aromatic rings. The standard InChI is InChI=1S/C22H15ClN2O3/c23-18-11-10-15(25-21(27)16-8-4-5-9-17(16)22(25)28)13-19(18)24-20(26)12-14-6-2-1-3-7-14/h1-11,13H,12H2,(H,24,26). The maximum atomic E-state index is 12.7. The minimum atomic E-state index is -0.399. The molecule has 4 rings (SSSR count). The Morgan fingerprint density at radius 2 is 1.46 bits per heavy atom. The molecule has 28 heavy (non-hydrogen) atoms. The van der Waals surface area contributed by atoms with Gasteiger partial charge in [0.2, 0.25) is 5.91 Å². The van der Waals surface area contributed by atoms with Crippen molar-refractivity contribution in [2.45, 2.75) is 6.42 Å². The van der Waals surface area contributed by atoms with Crippen LogP contribution in [0, 0.1) is 0 Å². The van der Waals surface area contributed by atoms with Crippen molar-refractivity contribution in [2.24, 2.45) is 0 Å². The highest BCUT2D eigenvalue weighted by Crippen LogP contribution is 2.33. The van der Waals surface area contributed by atoms with Crippen LogP contribution in [-0.2, 0) is 11.2 Å². The number of carbonyl (C=O) groups excluding carboxylic acids is 3. The van der Waals surface area contributed by atoms with Crippen molar-refractivity contribution in [1.82, 2.24) is 0 Å². The predicted molar refractivity (Wildman–Crippen MR) is 108 cm³/mol.